The maximum atomic E-state index is 12.3. The van der Waals surface area contributed by atoms with E-state index in [0.717, 1.165) is 25.1 Å². The fourth-order valence-corrected chi connectivity index (χ4v) is 2.55. The monoisotopic (exact) mass is 290 g/mol. The van der Waals surface area contributed by atoms with Crippen molar-refractivity contribution in [1.82, 2.24) is 9.80 Å². The van der Waals surface area contributed by atoms with Crippen molar-refractivity contribution < 1.29 is 9.59 Å². The molecular formula is C15H22N4O2. The number of anilines is 1. The van der Waals surface area contributed by atoms with E-state index in [1.807, 2.05) is 14.0 Å². The number of benzene rings is 1. The predicted octanol–water partition coefficient (Wildman–Crippen LogP) is 1.26. The lowest BCUT2D eigenvalue weighted by molar-refractivity contribution is 0.1000. The summed E-state index contributed by atoms with van der Waals surface area (Å²) in [5.74, 6) is -0.470. The van der Waals surface area contributed by atoms with Crippen molar-refractivity contribution in [2.75, 3.05) is 32.5 Å². The highest BCUT2D eigenvalue weighted by molar-refractivity contribution is 5.95. The smallest absolute Gasteiger partial charge is 0.321 e. The Kier molecular flexibility index (Phi) is 4.47. The van der Waals surface area contributed by atoms with E-state index < -0.39 is 5.91 Å². The van der Waals surface area contributed by atoms with Crippen LogP contribution in [-0.4, -0.2) is 55.0 Å². The van der Waals surface area contributed by atoms with Crippen molar-refractivity contribution in [1.29, 1.82) is 0 Å². The zero-order valence-corrected chi connectivity index (χ0v) is 12.7. The van der Waals surface area contributed by atoms with E-state index in [0.29, 0.717) is 11.3 Å². The molecule has 0 radical (unpaired) electrons. The first-order chi connectivity index (χ1) is 9.88. The fourth-order valence-electron chi connectivity index (χ4n) is 2.55. The zero-order valence-electron chi connectivity index (χ0n) is 12.7. The lowest BCUT2D eigenvalue weighted by atomic mass is 10.1. The Morgan fingerprint density at radius 1 is 1.43 bits per heavy atom. The van der Waals surface area contributed by atoms with Gasteiger partial charge >= 0.3 is 6.03 Å². The van der Waals surface area contributed by atoms with Gasteiger partial charge in [0.15, 0.2) is 0 Å². The highest BCUT2D eigenvalue weighted by atomic mass is 16.2. The normalized spacial score (nSPS) is 18.5. The SMILES string of the molecule is Cc1cc(C(N)=O)ccc1NC(=O)N(C)C1CCN(C)C1. The van der Waals surface area contributed by atoms with E-state index in [1.165, 1.54) is 0 Å². The van der Waals surface area contributed by atoms with Gasteiger partial charge in [0, 0.05) is 30.9 Å². The number of urea groups is 1. The van der Waals surface area contributed by atoms with Crippen LogP contribution in [0.3, 0.4) is 0 Å². The number of hydrogen-bond acceptors (Lipinski definition) is 3. The molecule has 1 atom stereocenters. The predicted molar refractivity (Wildman–Crippen MR) is 82.4 cm³/mol. The molecule has 6 heteroatoms. The largest absolute Gasteiger partial charge is 0.366 e. The van der Waals surface area contributed by atoms with Gasteiger partial charge < -0.3 is 20.9 Å². The molecule has 1 aliphatic heterocycles. The molecule has 1 saturated heterocycles. The summed E-state index contributed by atoms with van der Waals surface area (Å²) in [5.41, 5.74) is 7.19. The third-order valence-electron chi connectivity index (χ3n) is 3.99. The minimum Gasteiger partial charge on any atom is -0.366 e. The molecule has 6 nitrogen and oxygen atoms in total. The first kappa shape index (κ1) is 15.3. The minimum absolute atomic E-state index is 0.134. The second-order valence-electron chi connectivity index (χ2n) is 5.64. The van der Waals surface area contributed by atoms with Crippen LogP contribution in [0.15, 0.2) is 18.2 Å². The third-order valence-corrected chi connectivity index (χ3v) is 3.99. The summed E-state index contributed by atoms with van der Waals surface area (Å²) < 4.78 is 0. The summed E-state index contributed by atoms with van der Waals surface area (Å²) in [4.78, 5) is 27.4. The van der Waals surface area contributed by atoms with E-state index in [9.17, 15) is 9.59 Å². The molecule has 1 aromatic carbocycles. The Morgan fingerprint density at radius 2 is 2.14 bits per heavy atom. The number of likely N-dealkylation sites (N-methyl/N-ethyl adjacent to an activating group) is 2. The number of likely N-dealkylation sites (tertiary alicyclic amines) is 1. The lowest BCUT2D eigenvalue weighted by Crippen LogP contribution is -2.41. The first-order valence-corrected chi connectivity index (χ1v) is 7.01. The Hall–Kier alpha value is -2.08. The molecule has 1 unspecified atom stereocenters. The van der Waals surface area contributed by atoms with Crippen LogP contribution in [0.5, 0.6) is 0 Å². The van der Waals surface area contributed by atoms with E-state index in [2.05, 4.69) is 17.3 Å². The molecule has 3 amide bonds. The van der Waals surface area contributed by atoms with E-state index >= 15 is 0 Å². The second kappa shape index (κ2) is 6.13. The van der Waals surface area contributed by atoms with Gasteiger partial charge in [0.05, 0.1) is 0 Å². The molecule has 0 spiro atoms. The van der Waals surface area contributed by atoms with Crippen LogP contribution in [0, 0.1) is 6.92 Å². The maximum absolute atomic E-state index is 12.3. The van der Waals surface area contributed by atoms with Crippen molar-refractivity contribution in [2.45, 2.75) is 19.4 Å². The summed E-state index contributed by atoms with van der Waals surface area (Å²) in [6.07, 6.45) is 0.986. The van der Waals surface area contributed by atoms with Crippen LogP contribution in [0.2, 0.25) is 0 Å². The van der Waals surface area contributed by atoms with Crippen molar-refractivity contribution in [3.8, 4) is 0 Å². The third kappa shape index (κ3) is 3.52. The molecular weight excluding hydrogens is 268 g/mol. The van der Waals surface area contributed by atoms with Crippen molar-refractivity contribution in [3.05, 3.63) is 29.3 Å². The first-order valence-electron chi connectivity index (χ1n) is 7.01. The van der Waals surface area contributed by atoms with Crippen molar-refractivity contribution in [2.24, 2.45) is 5.73 Å². The number of nitrogens with zero attached hydrogens (tertiary/aromatic N) is 2. The molecule has 1 fully saturated rings. The van der Waals surface area contributed by atoms with Gasteiger partial charge in [-0.1, -0.05) is 0 Å². The molecule has 114 valence electrons. The topological polar surface area (TPSA) is 78.7 Å². The summed E-state index contributed by atoms with van der Waals surface area (Å²) >= 11 is 0. The number of carbonyl (C=O) groups is 2. The highest BCUT2D eigenvalue weighted by Crippen LogP contribution is 2.18. The molecule has 0 saturated carbocycles. The number of nitrogens with one attached hydrogen (secondary N) is 1. The van der Waals surface area contributed by atoms with Crippen LogP contribution in [0.4, 0.5) is 10.5 Å². The van der Waals surface area contributed by atoms with Crippen LogP contribution >= 0.6 is 0 Å². The number of aryl methyl sites for hydroxylation is 1. The molecule has 21 heavy (non-hydrogen) atoms. The van der Waals surface area contributed by atoms with Gasteiger partial charge in [-0.2, -0.15) is 0 Å². The molecule has 2 rings (SSSR count). The Morgan fingerprint density at radius 3 is 2.67 bits per heavy atom. The molecule has 0 aromatic heterocycles. The second-order valence-corrected chi connectivity index (χ2v) is 5.64. The van der Waals surface area contributed by atoms with Gasteiger partial charge in [0.25, 0.3) is 0 Å². The number of rotatable bonds is 3. The van der Waals surface area contributed by atoms with Crippen LogP contribution in [-0.2, 0) is 0 Å². The van der Waals surface area contributed by atoms with Crippen LogP contribution in [0.1, 0.15) is 22.3 Å². The summed E-state index contributed by atoms with van der Waals surface area (Å²) in [6, 6.07) is 5.11. The molecule has 0 bridgehead atoms. The van der Waals surface area contributed by atoms with E-state index in [4.69, 9.17) is 5.73 Å². The van der Waals surface area contributed by atoms with Crippen LogP contribution in [0.25, 0.3) is 0 Å². The van der Waals surface area contributed by atoms with Gasteiger partial charge in [-0.25, -0.2) is 4.79 Å². The van der Waals surface area contributed by atoms with Gasteiger partial charge in [0.2, 0.25) is 5.91 Å². The molecule has 1 aromatic rings. The minimum atomic E-state index is -0.470. The fraction of sp³-hybridized carbons (Fsp3) is 0.467. The maximum Gasteiger partial charge on any atom is 0.321 e. The number of primary amides is 1. The number of nitrogens with two attached hydrogens (primary N) is 1. The lowest BCUT2D eigenvalue weighted by Gasteiger charge is -2.25. The average Bonchev–Trinajstić information content (AvgIpc) is 2.86. The molecule has 1 heterocycles. The van der Waals surface area contributed by atoms with Gasteiger partial charge in [-0.3, -0.25) is 4.79 Å². The summed E-state index contributed by atoms with van der Waals surface area (Å²) in [7, 11) is 3.87. The zero-order chi connectivity index (χ0) is 15.6. The molecule has 0 aliphatic carbocycles. The van der Waals surface area contributed by atoms with Crippen molar-refractivity contribution in [3.63, 3.8) is 0 Å². The Labute approximate surface area is 124 Å². The van der Waals surface area contributed by atoms with Gasteiger partial charge in [0.1, 0.15) is 0 Å². The molecule has 1 aliphatic rings. The molecule has 3 N–H and O–H groups in total. The van der Waals surface area contributed by atoms with E-state index in [-0.39, 0.29) is 12.1 Å². The Balaban J connectivity index is 2.04. The van der Waals surface area contributed by atoms with Gasteiger partial charge in [-0.15, -0.1) is 0 Å². The van der Waals surface area contributed by atoms with Crippen molar-refractivity contribution >= 4 is 17.6 Å². The average molecular weight is 290 g/mol. The highest BCUT2D eigenvalue weighted by Gasteiger charge is 2.26. The Bertz CT molecular complexity index is 559. The summed E-state index contributed by atoms with van der Waals surface area (Å²) in [5, 5.41) is 2.88. The number of amides is 3. The van der Waals surface area contributed by atoms with E-state index in [1.54, 1.807) is 23.1 Å². The number of carbonyl (C=O) groups excluding carboxylic acids is 2. The standard InChI is InChI=1S/C15H22N4O2/c1-10-8-11(14(16)20)4-5-13(10)17-15(21)19(3)12-6-7-18(2)9-12/h4-5,8,12H,6-7,9H2,1-3H3,(H2,16,20)(H,17,21). The number of hydrogen-bond donors (Lipinski definition) is 2. The van der Waals surface area contributed by atoms with Crippen LogP contribution < -0.4 is 11.1 Å². The summed E-state index contributed by atoms with van der Waals surface area (Å²) in [6.45, 7) is 3.74. The van der Waals surface area contributed by atoms with Gasteiger partial charge in [-0.05, 0) is 50.7 Å². The quantitative estimate of drug-likeness (QED) is 0.879.